The number of aromatic nitrogens is 4. The molecule has 3 aromatic heterocycles. The Kier molecular flexibility index (Phi) is 6.24. The van der Waals surface area contributed by atoms with Crippen molar-refractivity contribution < 1.29 is 13.2 Å². The van der Waals surface area contributed by atoms with Gasteiger partial charge >= 0.3 is 6.18 Å². The molecule has 11 heteroatoms. The quantitative estimate of drug-likeness (QED) is 0.483. The van der Waals surface area contributed by atoms with Gasteiger partial charge in [0.1, 0.15) is 12.1 Å². The Hall–Kier alpha value is -2.95. The van der Waals surface area contributed by atoms with Crippen molar-refractivity contribution in [3.05, 3.63) is 58.7 Å². The normalized spacial score (nSPS) is 12.2. The summed E-state index contributed by atoms with van der Waals surface area (Å²) in [4.78, 5) is 16.1. The van der Waals surface area contributed by atoms with Gasteiger partial charge in [0, 0.05) is 50.5 Å². The summed E-state index contributed by atoms with van der Waals surface area (Å²) in [5.41, 5.74) is 0.114. The molecule has 0 radical (unpaired) electrons. The summed E-state index contributed by atoms with van der Waals surface area (Å²) in [7, 11) is 1.63. The van der Waals surface area contributed by atoms with Crippen molar-refractivity contribution in [3.8, 4) is 5.82 Å². The molecule has 0 aromatic carbocycles. The van der Waals surface area contributed by atoms with E-state index in [1.807, 2.05) is 18.3 Å². The van der Waals surface area contributed by atoms with Crippen molar-refractivity contribution >= 4 is 17.3 Å². The van der Waals surface area contributed by atoms with Crippen molar-refractivity contribution in [1.29, 1.82) is 0 Å². The lowest BCUT2D eigenvalue weighted by Gasteiger charge is -2.11. The molecule has 148 valence electrons. The SMILES string of the molecule is CN=C(NCCc1nc(C(F)(F)F)cs1)NCc1ccc(-n2ccnc2)nc1. The minimum atomic E-state index is -4.40. The second-order valence-electron chi connectivity index (χ2n) is 5.72. The summed E-state index contributed by atoms with van der Waals surface area (Å²) in [5, 5.41) is 7.66. The molecule has 0 fully saturated rings. The maximum Gasteiger partial charge on any atom is 0.434 e. The van der Waals surface area contributed by atoms with Gasteiger partial charge in [0.15, 0.2) is 11.7 Å². The van der Waals surface area contributed by atoms with E-state index in [1.54, 1.807) is 30.3 Å². The average molecular weight is 409 g/mol. The molecule has 0 saturated carbocycles. The third-order valence-electron chi connectivity index (χ3n) is 3.74. The number of guanidine groups is 1. The van der Waals surface area contributed by atoms with Gasteiger partial charge in [0.05, 0.1) is 5.01 Å². The van der Waals surface area contributed by atoms with Gasteiger partial charge in [-0.2, -0.15) is 13.2 Å². The molecular weight excluding hydrogens is 391 g/mol. The second-order valence-corrected chi connectivity index (χ2v) is 6.66. The van der Waals surface area contributed by atoms with Crippen LogP contribution >= 0.6 is 11.3 Å². The highest BCUT2D eigenvalue weighted by Crippen LogP contribution is 2.29. The minimum absolute atomic E-state index is 0.378. The van der Waals surface area contributed by atoms with Crippen LogP contribution in [0.15, 0.2) is 47.4 Å². The predicted molar refractivity (Wildman–Crippen MR) is 100 cm³/mol. The van der Waals surface area contributed by atoms with Gasteiger partial charge in [-0.25, -0.2) is 15.0 Å². The first-order chi connectivity index (χ1) is 13.5. The molecule has 7 nitrogen and oxygen atoms in total. The second kappa shape index (κ2) is 8.83. The largest absolute Gasteiger partial charge is 0.434 e. The molecule has 0 bridgehead atoms. The summed E-state index contributed by atoms with van der Waals surface area (Å²) in [6.07, 6.45) is 2.90. The number of nitrogens with one attached hydrogen (secondary N) is 2. The minimum Gasteiger partial charge on any atom is -0.356 e. The van der Waals surface area contributed by atoms with Crippen LogP contribution in [-0.2, 0) is 19.1 Å². The van der Waals surface area contributed by atoms with E-state index in [9.17, 15) is 13.2 Å². The molecule has 3 heterocycles. The lowest BCUT2D eigenvalue weighted by atomic mass is 10.3. The standard InChI is InChI=1S/C17H18F3N7S/c1-21-16(23-5-4-15-26-13(10-28-15)17(18,19)20)25-9-12-2-3-14(24-8-12)27-7-6-22-11-27/h2-3,6-8,10-11H,4-5,9H2,1H3,(H2,21,23,25). The number of halogens is 3. The van der Waals surface area contributed by atoms with E-state index >= 15 is 0 Å². The third-order valence-corrected chi connectivity index (χ3v) is 4.64. The van der Waals surface area contributed by atoms with Crippen molar-refractivity contribution in [2.24, 2.45) is 4.99 Å². The summed E-state index contributed by atoms with van der Waals surface area (Å²) in [6, 6.07) is 3.83. The number of thiazole rings is 1. The van der Waals surface area contributed by atoms with Crippen molar-refractivity contribution in [2.75, 3.05) is 13.6 Å². The van der Waals surface area contributed by atoms with E-state index in [0.717, 1.165) is 28.1 Å². The highest BCUT2D eigenvalue weighted by Gasteiger charge is 2.33. The number of aliphatic imine (C=N–C) groups is 1. The number of pyridine rings is 1. The molecule has 0 saturated heterocycles. The topological polar surface area (TPSA) is 80.0 Å². The smallest absolute Gasteiger partial charge is 0.356 e. The summed E-state index contributed by atoms with van der Waals surface area (Å²) >= 11 is 1.000. The Morgan fingerprint density at radius 1 is 1.29 bits per heavy atom. The van der Waals surface area contributed by atoms with E-state index in [4.69, 9.17) is 0 Å². The molecular formula is C17H18F3N7S. The number of hydrogen-bond donors (Lipinski definition) is 2. The highest BCUT2D eigenvalue weighted by molar-refractivity contribution is 7.09. The fourth-order valence-corrected chi connectivity index (χ4v) is 3.12. The molecule has 0 aliphatic rings. The molecule has 0 spiro atoms. The lowest BCUT2D eigenvalue weighted by Crippen LogP contribution is -2.37. The molecule has 28 heavy (non-hydrogen) atoms. The fourth-order valence-electron chi connectivity index (χ4n) is 2.32. The number of alkyl halides is 3. The van der Waals surface area contributed by atoms with Gasteiger partial charge in [-0.15, -0.1) is 11.3 Å². The third kappa shape index (κ3) is 5.28. The first kappa shape index (κ1) is 19.8. The molecule has 0 aliphatic carbocycles. The van der Waals surface area contributed by atoms with Crippen molar-refractivity contribution in [3.63, 3.8) is 0 Å². The molecule has 3 rings (SSSR count). The Morgan fingerprint density at radius 2 is 2.14 bits per heavy atom. The van der Waals surface area contributed by atoms with E-state index in [1.165, 1.54) is 0 Å². The summed E-state index contributed by atoms with van der Waals surface area (Å²) in [6.45, 7) is 0.925. The van der Waals surface area contributed by atoms with Crippen molar-refractivity contribution in [1.82, 2.24) is 30.2 Å². The molecule has 3 aromatic rings. The highest BCUT2D eigenvalue weighted by atomic mass is 32.1. The monoisotopic (exact) mass is 409 g/mol. The van der Waals surface area contributed by atoms with Gasteiger partial charge in [-0.1, -0.05) is 6.07 Å². The zero-order valence-electron chi connectivity index (χ0n) is 14.9. The van der Waals surface area contributed by atoms with Crippen molar-refractivity contribution in [2.45, 2.75) is 19.1 Å². The Balaban J connectivity index is 1.45. The van der Waals surface area contributed by atoms with Crippen LogP contribution in [0, 0.1) is 0 Å². The number of nitrogens with zero attached hydrogens (tertiary/aromatic N) is 5. The molecule has 0 aliphatic heterocycles. The maximum absolute atomic E-state index is 12.6. The predicted octanol–water partition coefficient (Wildman–Crippen LogP) is 2.65. The van der Waals surface area contributed by atoms with E-state index in [0.29, 0.717) is 30.5 Å². The Bertz CT molecular complexity index is 902. The lowest BCUT2D eigenvalue weighted by molar-refractivity contribution is -0.140. The van der Waals surface area contributed by atoms with Crippen LogP contribution in [0.3, 0.4) is 0 Å². The van der Waals surface area contributed by atoms with Crippen LogP contribution in [-0.4, -0.2) is 39.1 Å². The number of imidazole rings is 1. The summed E-state index contributed by atoms with van der Waals surface area (Å²) in [5.74, 6) is 1.32. The molecule has 0 amide bonds. The fraction of sp³-hybridized carbons (Fsp3) is 0.294. The summed E-state index contributed by atoms with van der Waals surface area (Å²) < 4.78 is 39.5. The zero-order chi connectivity index (χ0) is 20.0. The molecule has 0 atom stereocenters. The van der Waals surface area contributed by atoms with Crippen LogP contribution in [0.2, 0.25) is 0 Å². The average Bonchev–Trinajstić information content (AvgIpc) is 3.36. The van der Waals surface area contributed by atoms with Crippen LogP contribution < -0.4 is 10.6 Å². The van der Waals surface area contributed by atoms with Gasteiger partial charge in [0.25, 0.3) is 0 Å². The van der Waals surface area contributed by atoms with E-state index < -0.39 is 11.9 Å². The van der Waals surface area contributed by atoms with E-state index in [2.05, 4.69) is 30.6 Å². The molecule has 2 N–H and O–H groups in total. The van der Waals surface area contributed by atoms with Crippen LogP contribution in [0.1, 0.15) is 16.3 Å². The first-order valence-electron chi connectivity index (χ1n) is 8.35. The zero-order valence-corrected chi connectivity index (χ0v) is 15.8. The van der Waals surface area contributed by atoms with Crippen LogP contribution in [0.4, 0.5) is 13.2 Å². The van der Waals surface area contributed by atoms with Crippen LogP contribution in [0.25, 0.3) is 5.82 Å². The van der Waals surface area contributed by atoms with Gasteiger partial charge in [0.2, 0.25) is 0 Å². The number of rotatable bonds is 6. The Morgan fingerprint density at radius 3 is 2.75 bits per heavy atom. The van der Waals surface area contributed by atoms with Gasteiger partial charge in [-0.3, -0.25) is 9.56 Å². The van der Waals surface area contributed by atoms with Gasteiger partial charge < -0.3 is 10.6 Å². The molecule has 0 unspecified atom stereocenters. The van der Waals surface area contributed by atoms with E-state index in [-0.39, 0.29) is 0 Å². The van der Waals surface area contributed by atoms with Crippen LogP contribution in [0.5, 0.6) is 0 Å². The Labute approximate surface area is 163 Å². The number of hydrogen-bond acceptors (Lipinski definition) is 5. The maximum atomic E-state index is 12.6. The van der Waals surface area contributed by atoms with Gasteiger partial charge in [-0.05, 0) is 11.6 Å². The first-order valence-corrected chi connectivity index (χ1v) is 9.23.